The van der Waals surface area contributed by atoms with E-state index < -0.39 is 11.9 Å². The minimum atomic E-state index is -1.26. The van der Waals surface area contributed by atoms with Gasteiger partial charge in [-0.3, -0.25) is 0 Å². The van der Waals surface area contributed by atoms with E-state index in [1.165, 1.54) is 22.3 Å². The molecule has 106 valence electrons. The lowest BCUT2D eigenvalue weighted by molar-refractivity contribution is -0.134. The molecule has 0 fully saturated rings. The lowest BCUT2D eigenvalue weighted by Gasteiger charge is -1.98. The maximum absolute atomic E-state index is 9.55. The molecule has 0 saturated heterocycles. The minimum Gasteiger partial charge on any atom is -0.478 e. The normalized spacial score (nSPS) is 11.2. The molecule has 1 aliphatic carbocycles. The number of fused-ring (bicyclic) bond motifs is 3. The van der Waals surface area contributed by atoms with E-state index in [1.807, 2.05) is 0 Å². The first kappa shape index (κ1) is 14.5. The van der Waals surface area contributed by atoms with E-state index >= 15 is 0 Å². The third-order valence-electron chi connectivity index (χ3n) is 3.07. The average molecular weight is 282 g/mol. The molecule has 0 atom stereocenters. The Balaban J connectivity index is 0.000000177. The van der Waals surface area contributed by atoms with Crippen LogP contribution in [0.3, 0.4) is 0 Å². The summed E-state index contributed by atoms with van der Waals surface area (Å²) in [6.07, 6.45) is 2.22. The van der Waals surface area contributed by atoms with Gasteiger partial charge in [0.1, 0.15) is 0 Å². The van der Waals surface area contributed by atoms with Gasteiger partial charge in [-0.25, -0.2) is 9.59 Å². The zero-order chi connectivity index (χ0) is 15.2. The zero-order valence-electron chi connectivity index (χ0n) is 11.2. The highest BCUT2D eigenvalue weighted by Crippen LogP contribution is 2.35. The van der Waals surface area contributed by atoms with E-state index in [9.17, 15) is 9.59 Å². The maximum atomic E-state index is 9.55. The molecule has 3 rings (SSSR count). The van der Waals surface area contributed by atoms with Gasteiger partial charge in [0.2, 0.25) is 0 Å². The van der Waals surface area contributed by atoms with Crippen molar-refractivity contribution < 1.29 is 19.8 Å². The van der Waals surface area contributed by atoms with Crippen LogP contribution in [0.4, 0.5) is 0 Å². The first-order chi connectivity index (χ1) is 10.1. The Hall–Kier alpha value is -2.88. The quantitative estimate of drug-likeness (QED) is 0.709. The highest BCUT2D eigenvalue weighted by molar-refractivity contribution is 5.89. The number of hydrogen-bond acceptors (Lipinski definition) is 2. The Bertz CT molecular complexity index is 642. The van der Waals surface area contributed by atoms with Crippen molar-refractivity contribution in [3.05, 3.63) is 71.8 Å². The Kier molecular flexibility index (Phi) is 4.51. The van der Waals surface area contributed by atoms with Crippen molar-refractivity contribution in [1.82, 2.24) is 0 Å². The number of benzene rings is 2. The van der Waals surface area contributed by atoms with Crippen molar-refractivity contribution >= 4 is 11.9 Å². The van der Waals surface area contributed by atoms with Gasteiger partial charge >= 0.3 is 11.9 Å². The van der Waals surface area contributed by atoms with Crippen molar-refractivity contribution in [3.8, 4) is 11.1 Å². The second-order valence-electron chi connectivity index (χ2n) is 4.50. The SMILES string of the molecule is O=C(O)/C=C/C(=O)O.c1ccc2c(c1)Cc1ccccc1-2. The lowest BCUT2D eigenvalue weighted by atomic mass is 10.1. The van der Waals surface area contributed by atoms with Crippen molar-refractivity contribution in [2.45, 2.75) is 6.42 Å². The van der Waals surface area contributed by atoms with E-state index in [0.717, 1.165) is 6.42 Å². The molecule has 0 spiro atoms. The van der Waals surface area contributed by atoms with E-state index in [2.05, 4.69) is 48.5 Å². The van der Waals surface area contributed by atoms with Crippen LogP contribution in [0, 0.1) is 0 Å². The summed E-state index contributed by atoms with van der Waals surface area (Å²) in [5.41, 5.74) is 5.75. The van der Waals surface area contributed by atoms with Crippen LogP contribution >= 0.6 is 0 Å². The van der Waals surface area contributed by atoms with Gasteiger partial charge < -0.3 is 10.2 Å². The number of carbonyl (C=O) groups is 2. The van der Waals surface area contributed by atoms with Gasteiger partial charge in [0.15, 0.2) is 0 Å². The van der Waals surface area contributed by atoms with E-state index in [0.29, 0.717) is 12.2 Å². The van der Waals surface area contributed by atoms with Gasteiger partial charge in [-0.15, -0.1) is 0 Å². The van der Waals surface area contributed by atoms with Crippen LogP contribution in [-0.2, 0) is 16.0 Å². The van der Waals surface area contributed by atoms with Crippen LogP contribution in [0.25, 0.3) is 11.1 Å². The molecule has 21 heavy (non-hydrogen) atoms. The van der Waals surface area contributed by atoms with Crippen molar-refractivity contribution in [1.29, 1.82) is 0 Å². The third-order valence-corrected chi connectivity index (χ3v) is 3.07. The van der Waals surface area contributed by atoms with Crippen LogP contribution < -0.4 is 0 Å². The van der Waals surface area contributed by atoms with Gasteiger partial charge in [-0.05, 0) is 28.7 Å². The summed E-state index contributed by atoms with van der Waals surface area (Å²) in [7, 11) is 0. The summed E-state index contributed by atoms with van der Waals surface area (Å²) in [6.45, 7) is 0. The molecule has 1 aliphatic rings. The first-order valence-corrected chi connectivity index (χ1v) is 6.38. The van der Waals surface area contributed by atoms with Gasteiger partial charge in [-0.1, -0.05) is 48.5 Å². The second kappa shape index (κ2) is 6.52. The van der Waals surface area contributed by atoms with E-state index in [4.69, 9.17) is 10.2 Å². The zero-order valence-corrected chi connectivity index (χ0v) is 11.2. The lowest BCUT2D eigenvalue weighted by Crippen LogP contribution is -1.91. The molecule has 0 unspecified atom stereocenters. The number of hydrogen-bond donors (Lipinski definition) is 2. The molecule has 0 amide bonds. The van der Waals surface area contributed by atoms with Crippen LogP contribution in [0.2, 0.25) is 0 Å². The Morgan fingerprint density at radius 2 is 1.14 bits per heavy atom. The van der Waals surface area contributed by atoms with Crippen LogP contribution in [0.1, 0.15) is 11.1 Å². The van der Waals surface area contributed by atoms with Crippen molar-refractivity contribution in [2.75, 3.05) is 0 Å². The molecule has 4 nitrogen and oxygen atoms in total. The summed E-state index contributed by atoms with van der Waals surface area (Å²) in [5, 5.41) is 15.6. The molecule has 0 saturated carbocycles. The maximum Gasteiger partial charge on any atom is 0.328 e. The minimum absolute atomic E-state index is 0.558. The molecule has 0 aromatic heterocycles. The molecule has 0 radical (unpaired) electrons. The monoisotopic (exact) mass is 282 g/mol. The average Bonchev–Trinajstić information content (AvgIpc) is 2.84. The molecular formula is C17H14O4. The van der Waals surface area contributed by atoms with Crippen LogP contribution in [0.5, 0.6) is 0 Å². The Morgan fingerprint density at radius 1 is 0.762 bits per heavy atom. The predicted octanol–water partition coefficient (Wildman–Crippen LogP) is 2.97. The number of rotatable bonds is 2. The molecule has 2 N–H and O–H groups in total. The van der Waals surface area contributed by atoms with E-state index in [1.54, 1.807) is 0 Å². The first-order valence-electron chi connectivity index (χ1n) is 6.38. The molecule has 0 bridgehead atoms. The number of carboxylic acids is 2. The van der Waals surface area contributed by atoms with Crippen molar-refractivity contribution in [2.24, 2.45) is 0 Å². The molecular weight excluding hydrogens is 268 g/mol. The number of aliphatic carboxylic acids is 2. The fourth-order valence-corrected chi connectivity index (χ4v) is 2.22. The summed E-state index contributed by atoms with van der Waals surface area (Å²) < 4.78 is 0. The fraction of sp³-hybridized carbons (Fsp3) is 0.0588. The third kappa shape index (κ3) is 3.79. The van der Waals surface area contributed by atoms with Gasteiger partial charge in [0, 0.05) is 12.2 Å². The molecule has 2 aromatic carbocycles. The number of carboxylic acid groups (broad SMARTS) is 2. The molecule has 0 heterocycles. The van der Waals surface area contributed by atoms with Crippen molar-refractivity contribution in [3.63, 3.8) is 0 Å². The van der Waals surface area contributed by atoms with Gasteiger partial charge in [-0.2, -0.15) is 0 Å². The standard InChI is InChI=1S/C13H10.C4H4O4/c1-3-7-12-10(5-1)9-11-6-2-4-8-13(11)12;5-3(6)1-2-4(7)8/h1-8H,9H2;1-2H,(H,5,6)(H,7,8)/b;2-1+. The topological polar surface area (TPSA) is 74.6 Å². The second-order valence-corrected chi connectivity index (χ2v) is 4.50. The summed E-state index contributed by atoms with van der Waals surface area (Å²) in [4.78, 5) is 19.1. The highest BCUT2D eigenvalue weighted by atomic mass is 16.4. The predicted molar refractivity (Wildman–Crippen MR) is 79.1 cm³/mol. The van der Waals surface area contributed by atoms with Gasteiger partial charge in [0.05, 0.1) is 0 Å². The summed E-state index contributed by atoms with van der Waals surface area (Å²) in [6, 6.07) is 17.3. The highest BCUT2D eigenvalue weighted by Gasteiger charge is 2.15. The summed E-state index contributed by atoms with van der Waals surface area (Å²) in [5.74, 6) is -2.51. The fourth-order valence-electron chi connectivity index (χ4n) is 2.22. The molecule has 0 aliphatic heterocycles. The molecule has 4 heteroatoms. The van der Waals surface area contributed by atoms with Crippen LogP contribution in [-0.4, -0.2) is 22.2 Å². The molecule has 2 aromatic rings. The van der Waals surface area contributed by atoms with Gasteiger partial charge in [0.25, 0.3) is 0 Å². The smallest absolute Gasteiger partial charge is 0.328 e. The Labute approximate surface area is 122 Å². The largest absolute Gasteiger partial charge is 0.478 e. The van der Waals surface area contributed by atoms with E-state index in [-0.39, 0.29) is 0 Å². The van der Waals surface area contributed by atoms with Crippen LogP contribution in [0.15, 0.2) is 60.7 Å². The Morgan fingerprint density at radius 3 is 1.52 bits per heavy atom. The summed E-state index contributed by atoms with van der Waals surface area (Å²) >= 11 is 0.